The van der Waals surface area contributed by atoms with E-state index in [1.54, 1.807) is 0 Å². The van der Waals surface area contributed by atoms with Gasteiger partial charge in [-0.25, -0.2) is 0 Å². The molecule has 1 heteroatoms. The topological polar surface area (TPSA) is 0 Å². The number of hydrogen-bond acceptors (Lipinski definition) is 0. The Morgan fingerprint density at radius 2 is 1.88 bits per heavy atom. The Balaban J connectivity index is 0.00000108. The average Bonchev–Trinajstić information content (AvgIpc) is 2.67. The van der Waals surface area contributed by atoms with Crippen molar-refractivity contribution in [3.8, 4) is 11.1 Å². The van der Waals surface area contributed by atoms with Crippen molar-refractivity contribution < 1.29 is 68.9 Å². The smallest absolute Gasteiger partial charge is 0.176 e. The van der Waals surface area contributed by atoms with E-state index in [1.807, 2.05) is 0 Å². The number of benzene rings is 2. The quantitative estimate of drug-likeness (QED) is 0.611. The number of fused-ring (bicyclic) bond motifs is 3. The summed E-state index contributed by atoms with van der Waals surface area (Å²) < 4.78 is 0. The predicted octanol–water partition coefficient (Wildman–Crippen LogP) is 1.01. The second-order valence-corrected chi connectivity index (χ2v) is 4.46. The SMILES string of the molecule is CCCc1[c-]c2c(cc1)-c1ccccc1C2.[Cs+]. The summed E-state index contributed by atoms with van der Waals surface area (Å²) in [6, 6.07) is 16.7. The Labute approximate surface area is 162 Å². The summed E-state index contributed by atoms with van der Waals surface area (Å²) in [6.07, 6.45) is 3.40. The van der Waals surface area contributed by atoms with Crippen molar-refractivity contribution in [3.63, 3.8) is 0 Å². The molecule has 0 amide bonds. The van der Waals surface area contributed by atoms with Gasteiger partial charge in [0, 0.05) is 0 Å². The fourth-order valence-corrected chi connectivity index (χ4v) is 2.52. The van der Waals surface area contributed by atoms with Crippen molar-refractivity contribution in [1.29, 1.82) is 0 Å². The third kappa shape index (κ3) is 2.75. The molecule has 0 aliphatic heterocycles. The van der Waals surface area contributed by atoms with Crippen LogP contribution >= 0.6 is 0 Å². The molecule has 1 aliphatic carbocycles. The molecule has 0 unspecified atom stereocenters. The van der Waals surface area contributed by atoms with E-state index in [1.165, 1.54) is 34.2 Å². The fraction of sp³-hybridized carbons (Fsp3) is 0.250. The van der Waals surface area contributed by atoms with Gasteiger partial charge in [0.25, 0.3) is 0 Å². The van der Waals surface area contributed by atoms with E-state index in [0.29, 0.717) is 0 Å². The first-order valence-corrected chi connectivity index (χ1v) is 6.01. The van der Waals surface area contributed by atoms with Gasteiger partial charge in [-0.05, 0) is 6.42 Å². The molecule has 0 N–H and O–H groups in total. The third-order valence-electron chi connectivity index (χ3n) is 3.28. The monoisotopic (exact) mass is 340 g/mol. The molecular weight excluding hydrogens is 325 g/mol. The van der Waals surface area contributed by atoms with Crippen molar-refractivity contribution >= 4 is 0 Å². The predicted molar refractivity (Wildman–Crippen MR) is 67.5 cm³/mol. The normalized spacial score (nSPS) is 11.6. The molecule has 1 aliphatic rings. The van der Waals surface area contributed by atoms with Crippen molar-refractivity contribution in [3.05, 3.63) is 59.2 Å². The van der Waals surface area contributed by atoms with E-state index in [2.05, 4.69) is 49.4 Å². The zero-order valence-corrected chi connectivity index (χ0v) is 16.9. The van der Waals surface area contributed by atoms with Crippen molar-refractivity contribution in [2.24, 2.45) is 0 Å². The number of hydrogen-bond donors (Lipinski definition) is 0. The van der Waals surface area contributed by atoms with Gasteiger partial charge in [0.15, 0.2) is 0 Å². The van der Waals surface area contributed by atoms with Crippen molar-refractivity contribution in [1.82, 2.24) is 0 Å². The van der Waals surface area contributed by atoms with E-state index in [-0.39, 0.29) is 68.9 Å². The van der Waals surface area contributed by atoms with Crippen LogP contribution in [-0.4, -0.2) is 0 Å². The number of rotatable bonds is 2. The first-order chi connectivity index (χ1) is 7.88. The summed E-state index contributed by atoms with van der Waals surface area (Å²) >= 11 is 0. The molecule has 3 rings (SSSR count). The second-order valence-electron chi connectivity index (χ2n) is 4.46. The van der Waals surface area contributed by atoms with E-state index in [4.69, 9.17) is 0 Å². The first-order valence-electron chi connectivity index (χ1n) is 6.01. The van der Waals surface area contributed by atoms with Gasteiger partial charge in [-0.2, -0.15) is 23.8 Å². The molecule has 0 heterocycles. The Hall–Kier alpha value is 0.492. The Morgan fingerprint density at radius 1 is 1.06 bits per heavy atom. The Bertz CT molecular complexity index is 529. The van der Waals surface area contributed by atoms with Gasteiger partial charge in [-0.1, -0.05) is 55.2 Å². The minimum atomic E-state index is 0. The minimum absolute atomic E-state index is 0. The van der Waals surface area contributed by atoms with Crippen LogP contribution in [0, 0.1) is 6.07 Å². The summed E-state index contributed by atoms with van der Waals surface area (Å²) in [4.78, 5) is 0. The van der Waals surface area contributed by atoms with Crippen LogP contribution in [-0.2, 0) is 12.8 Å². The minimum Gasteiger partial charge on any atom is -0.176 e. The fourth-order valence-electron chi connectivity index (χ4n) is 2.52. The maximum atomic E-state index is 3.57. The van der Waals surface area contributed by atoms with E-state index in [9.17, 15) is 0 Å². The maximum absolute atomic E-state index is 3.57. The van der Waals surface area contributed by atoms with Crippen LogP contribution in [0.5, 0.6) is 0 Å². The molecule has 2 aromatic rings. The molecule has 0 nitrogen and oxygen atoms in total. The first kappa shape index (κ1) is 13.9. The Morgan fingerprint density at radius 3 is 2.71 bits per heavy atom. The molecule has 80 valence electrons. The van der Waals surface area contributed by atoms with Gasteiger partial charge >= 0.3 is 68.9 Å². The van der Waals surface area contributed by atoms with Crippen molar-refractivity contribution in [2.45, 2.75) is 26.2 Å². The average molecular weight is 340 g/mol. The molecule has 17 heavy (non-hydrogen) atoms. The molecule has 0 bridgehead atoms. The van der Waals surface area contributed by atoms with Gasteiger partial charge in [-0.3, -0.25) is 0 Å². The van der Waals surface area contributed by atoms with Crippen molar-refractivity contribution in [2.75, 3.05) is 0 Å². The molecule has 2 aromatic carbocycles. The molecule has 0 saturated heterocycles. The van der Waals surface area contributed by atoms with E-state index < -0.39 is 0 Å². The van der Waals surface area contributed by atoms with Gasteiger partial charge in [0.05, 0.1) is 0 Å². The van der Waals surface area contributed by atoms with Crippen LogP contribution < -0.4 is 68.9 Å². The third-order valence-corrected chi connectivity index (χ3v) is 3.28. The largest absolute Gasteiger partial charge is 1.00 e. The second kappa shape index (κ2) is 6.09. The molecule has 0 radical (unpaired) electrons. The van der Waals surface area contributed by atoms with Crippen LogP contribution in [0.25, 0.3) is 11.1 Å². The zero-order valence-electron chi connectivity index (χ0n) is 10.6. The Kier molecular flexibility index (Phi) is 4.98. The molecule has 0 fully saturated rings. The van der Waals surface area contributed by atoms with Crippen LogP contribution in [0.4, 0.5) is 0 Å². The molecule has 0 saturated carbocycles. The number of aryl methyl sites for hydroxylation is 1. The van der Waals surface area contributed by atoms with Gasteiger partial charge in [0.2, 0.25) is 0 Å². The summed E-state index contributed by atoms with van der Waals surface area (Å²) in [7, 11) is 0. The summed E-state index contributed by atoms with van der Waals surface area (Å²) in [6.45, 7) is 2.22. The van der Waals surface area contributed by atoms with E-state index >= 15 is 0 Å². The summed E-state index contributed by atoms with van der Waals surface area (Å²) in [5.74, 6) is 0. The molecule has 0 atom stereocenters. The summed E-state index contributed by atoms with van der Waals surface area (Å²) in [5, 5.41) is 0. The molecule has 0 spiro atoms. The van der Waals surface area contributed by atoms with Gasteiger partial charge in [0.1, 0.15) is 0 Å². The maximum Gasteiger partial charge on any atom is 1.00 e. The van der Waals surface area contributed by atoms with Gasteiger partial charge in [-0.15, -0.1) is 11.1 Å². The van der Waals surface area contributed by atoms with Gasteiger partial charge < -0.3 is 0 Å². The standard InChI is InChI=1S/C16H15.Cs/c1-2-5-12-8-9-16-14(10-12)11-13-6-3-4-7-15(13)16;/h3-4,6-9H,2,5,11H2,1H3;/q-1;+1. The van der Waals surface area contributed by atoms with Crippen LogP contribution in [0.2, 0.25) is 0 Å². The summed E-state index contributed by atoms with van der Waals surface area (Å²) in [5.41, 5.74) is 6.97. The van der Waals surface area contributed by atoms with Crippen LogP contribution in [0.1, 0.15) is 30.0 Å². The molecule has 0 aromatic heterocycles. The van der Waals surface area contributed by atoms with Crippen LogP contribution in [0.3, 0.4) is 0 Å². The van der Waals surface area contributed by atoms with Crippen LogP contribution in [0.15, 0.2) is 36.4 Å². The zero-order chi connectivity index (χ0) is 11.0. The van der Waals surface area contributed by atoms with E-state index in [0.717, 1.165) is 12.8 Å². The molecular formula is C16H15Cs.